The van der Waals surface area contributed by atoms with Crippen LogP contribution < -0.4 is 0 Å². The molecule has 30 heavy (non-hydrogen) atoms. The molecule has 0 nitrogen and oxygen atoms in total. The lowest BCUT2D eigenvalue weighted by molar-refractivity contribution is 0.391. The Balaban J connectivity index is 3.23. The zero-order valence-corrected chi connectivity index (χ0v) is 22.1. The summed E-state index contributed by atoms with van der Waals surface area (Å²) >= 11 is 0. The van der Waals surface area contributed by atoms with Crippen molar-refractivity contribution in [3.8, 4) is 0 Å². The molecule has 0 N–H and O–H groups in total. The quantitative estimate of drug-likeness (QED) is 0.128. The first-order chi connectivity index (χ1) is 14.7. The van der Waals surface area contributed by atoms with E-state index in [1.54, 1.807) is 0 Å². The number of hydrogen-bond donors (Lipinski definition) is 0. The first-order valence-electron chi connectivity index (χ1n) is 14.7. The second-order valence-electron chi connectivity index (χ2n) is 10.7. The van der Waals surface area contributed by atoms with E-state index < -0.39 is 0 Å². The summed E-state index contributed by atoms with van der Waals surface area (Å²) in [6, 6.07) is 0. The highest BCUT2D eigenvalue weighted by Crippen LogP contribution is 2.21. The predicted octanol–water partition coefficient (Wildman–Crippen LogP) is 11.7. The molecule has 0 spiro atoms. The van der Waals surface area contributed by atoms with Gasteiger partial charge in [0.25, 0.3) is 0 Å². The highest BCUT2D eigenvalue weighted by Gasteiger charge is 2.06. The van der Waals surface area contributed by atoms with Crippen molar-refractivity contribution in [2.45, 2.75) is 182 Å². The fourth-order valence-electron chi connectivity index (χ4n) is 4.89. The summed E-state index contributed by atoms with van der Waals surface area (Å²) in [7, 11) is 0. The van der Waals surface area contributed by atoms with Crippen LogP contribution in [-0.2, 0) is 0 Å². The van der Waals surface area contributed by atoms with Crippen molar-refractivity contribution < 1.29 is 0 Å². The van der Waals surface area contributed by atoms with E-state index in [2.05, 4.69) is 27.7 Å². The standard InChI is InChI=1S/C30H62/c1-5-7-9-11-12-13-14-15-16-17-18-19-21-23-26-30(4)28-24-27-29(3)25-22-20-10-8-6-2/h29-30H,5-28H2,1-4H3. The van der Waals surface area contributed by atoms with Gasteiger partial charge in [-0.25, -0.2) is 0 Å². The van der Waals surface area contributed by atoms with Gasteiger partial charge in [-0.15, -0.1) is 0 Å². The Hall–Kier alpha value is 0. The molecule has 0 amide bonds. The molecule has 0 aliphatic carbocycles. The summed E-state index contributed by atoms with van der Waals surface area (Å²) in [6.07, 6.45) is 35.2. The summed E-state index contributed by atoms with van der Waals surface area (Å²) in [4.78, 5) is 0. The maximum Gasteiger partial charge on any atom is -0.0443 e. The van der Waals surface area contributed by atoms with Gasteiger partial charge in [0, 0.05) is 0 Å². The molecule has 0 aromatic rings. The molecule has 0 aromatic carbocycles. The van der Waals surface area contributed by atoms with Gasteiger partial charge in [0.05, 0.1) is 0 Å². The van der Waals surface area contributed by atoms with Gasteiger partial charge in [0.2, 0.25) is 0 Å². The van der Waals surface area contributed by atoms with Crippen LogP contribution in [0.15, 0.2) is 0 Å². The first kappa shape index (κ1) is 30.0. The maximum absolute atomic E-state index is 2.50. The third-order valence-electron chi connectivity index (χ3n) is 7.24. The van der Waals surface area contributed by atoms with E-state index in [0.29, 0.717) is 0 Å². The number of unbranched alkanes of at least 4 members (excludes halogenated alkanes) is 17. The Kier molecular flexibility index (Phi) is 25.3. The van der Waals surface area contributed by atoms with Gasteiger partial charge in [-0.3, -0.25) is 0 Å². The minimum Gasteiger partial charge on any atom is -0.0654 e. The van der Waals surface area contributed by atoms with Gasteiger partial charge >= 0.3 is 0 Å². The van der Waals surface area contributed by atoms with Crippen LogP contribution in [0.3, 0.4) is 0 Å². The minimum atomic E-state index is 0.957. The van der Waals surface area contributed by atoms with E-state index in [0.717, 1.165) is 11.8 Å². The van der Waals surface area contributed by atoms with Crippen LogP contribution in [-0.4, -0.2) is 0 Å². The molecule has 0 radical (unpaired) electrons. The second kappa shape index (κ2) is 25.3. The molecular weight excluding hydrogens is 360 g/mol. The van der Waals surface area contributed by atoms with Gasteiger partial charge in [0.1, 0.15) is 0 Å². The fraction of sp³-hybridized carbons (Fsp3) is 1.00. The van der Waals surface area contributed by atoms with Crippen molar-refractivity contribution in [2.24, 2.45) is 11.8 Å². The molecular formula is C30H62. The first-order valence-corrected chi connectivity index (χ1v) is 14.7. The Bertz CT molecular complexity index is 294. The van der Waals surface area contributed by atoms with Crippen LogP contribution >= 0.6 is 0 Å². The summed E-state index contributed by atoms with van der Waals surface area (Å²) in [6.45, 7) is 9.60. The van der Waals surface area contributed by atoms with Crippen LogP contribution in [0.2, 0.25) is 0 Å². The molecule has 0 fully saturated rings. The zero-order valence-electron chi connectivity index (χ0n) is 22.1. The summed E-state index contributed by atoms with van der Waals surface area (Å²) in [5, 5.41) is 0. The monoisotopic (exact) mass is 422 g/mol. The molecule has 0 aliphatic heterocycles. The van der Waals surface area contributed by atoms with E-state index in [-0.39, 0.29) is 0 Å². The SMILES string of the molecule is CCCCCCCCCCCCCCCCC(C)CCCC(C)CCCCCCC. The van der Waals surface area contributed by atoms with Crippen molar-refractivity contribution in [1.82, 2.24) is 0 Å². The molecule has 0 aliphatic rings. The van der Waals surface area contributed by atoms with Gasteiger partial charge in [-0.05, 0) is 11.8 Å². The molecule has 0 saturated carbocycles. The van der Waals surface area contributed by atoms with Gasteiger partial charge in [-0.1, -0.05) is 182 Å². The van der Waals surface area contributed by atoms with Crippen LogP contribution in [0, 0.1) is 11.8 Å². The second-order valence-corrected chi connectivity index (χ2v) is 10.7. The number of rotatable bonds is 25. The van der Waals surface area contributed by atoms with Crippen LogP contribution in [0.4, 0.5) is 0 Å². The Morgan fingerprint density at radius 3 is 0.833 bits per heavy atom. The topological polar surface area (TPSA) is 0 Å². The third-order valence-corrected chi connectivity index (χ3v) is 7.24. The summed E-state index contributed by atoms with van der Waals surface area (Å²) < 4.78 is 0. The summed E-state index contributed by atoms with van der Waals surface area (Å²) in [5.74, 6) is 1.92. The average molecular weight is 423 g/mol. The molecule has 182 valence electrons. The highest BCUT2D eigenvalue weighted by molar-refractivity contribution is 4.59. The number of hydrogen-bond acceptors (Lipinski definition) is 0. The van der Waals surface area contributed by atoms with Crippen molar-refractivity contribution in [2.75, 3.05) is 0 Å². The zero-order chi connectivity index (χ0) is 22.1. The van der Waals surface area contributed by atoms with Crippen molar-refractivity contribution in [3.63, 3.8) is 0 Å². The van der Waals surface area contributed by atoms with Gasteiger partial charge in [-0.2, -0.15) is 0 Å². The Morgan fingerprint density at radius 2 is 0.533 bits per heavy atom. The maximum atomic E-state index is 2.50. The minimum absolute atomic E-state index is 0.957. The molecule has 0 heterocycles. The average Bonchev–Trinajstić information content (AvgIpc) is 2.74. The van der Waals surface area contributed by atoms with E-state index >= 15 is 0 Å². The van der Waals surface area contributed by atoms with Crippen molar-refractivity contribution >= 4 is 0 Å². The summed E-state index contributed by atoms with van der Waals surface area (Å²) in [5.41, 5.74) is 0. The Morgan fingerprint density at radius 1 is 0.300 bits per heavy atom. The fourth-order valence-corrected chi connectivity index (χ4v) is 4.89. The molecule has 2 unspecified atom stereocenters. The van der Waals surface area contributed by atoms with Crippen LogP contribution in [0.25, 0.3) is 0 Å². The lowest BCUT2D eigenvalue weighted by Crippen LogP contribution is -1.99. The Labute approximate surface area is 193 Å². The molecule has 0 heteroatoms. The van der Waals surface area contributed by atoms with Gasteiger partial charge < -0.3 is 0 Å². The lowest BCUT2D eigenvalue weighted by Gasteiger charge is -2.14. The van der Waals surface area contributed by atoms with E-state index in [1.807, 2.05) is 0 Å². The molecule has 0 saturated heterocycles. The highest BCUT2D eigenvalue weighted by atomic mass is 14.1. The molecule has 0 bridgehead atoms. The molecule has 0 rings (SSSR count). The van der Waals surface area contributed by atoms with Crippen LogP contribution in [0.1, 0.15) is 182 Å². The van der Waals surface area contributed by atoms with Crippen molar-refractivity contribution in [1.29, 1.82) is 0 Å². The van der Waals surface area contributed by atoms with E-state index in [4.69, 9.17) is 0 Å². The van der Waals surface area contributed by atoms with Crippen molar-refractivity contribution in [3.05, 3.63) is 0 Å². The predicted molar refractivity (Wildman–Crippen MR) is 140 cm³/mol. The van der Waals surface area contributed by atoms with E-state index in [9.17, 15) is 0 Å². The molecule has 0 aromatic heterocycles. The lowest BCUT2D eigenvalue weighted by atomic mass is 9.92. The van der Waals surface area contributed by atoms with Crippen LogP contribution in [0.5, 0.6) is 0 Å². The molecule has 2 atom stereocenters. The van der Waals surface area contributed by atoms with E-state index in [1.165, 1.54) is 154 Å². The third kappa shape index (κ3) is 24.3. The van der Waals surface area contributed by atoms with Gasteiger partial charge in [0.15, 0.2) is 0 Å². The smallest absolute Gasteiger partial charge is 0.0443 e. The normalized spacial score (nSPS) is 13.6. The largest absolute Gasteiger partial charge is 0.0654 e.